The summed E-state index contributed by atoms with van der Waals surface area (Å²) in [6.45, 7) is 10.2. The molecule has 0 atom stereocenters. The van der Waals surface area contributed by atoms with Gasteiger partial charge in [0.25, 0.3) is 0 Å². The third kappa shape index (κ3) is 5.09. The summed E-state index contributed by atoms with van der Waals surface area (Å²) in [7, 11) is 3.95. The van der Waals surface area contributed by atoms with E-state index in [0.29, 0.717) is 6.61 Å². The number of ether oxygens (including phenoxy) is 1. The molecule has 0 aliphatic rings. The molecule has 0 amide bonds. The maximum Gasteiger partial charge on any atom is 0.145 e. The third-order valence-electron chi connectivity index (χ3n) is 5.88. The topological polar surface area (TPSA) is 69.3 Å². The second kappa shape index (κ2) is 9.35. The summed E-state index contributed by atoms with van der Waals surface area (Å²) < 4.78 is 10.4. The van der Waals surface area contributed by atoms with Crippen LogP contribution in [0, 0.1) is 12.3 Å². The zero-order valence-corrected chi connectivity index (χ0v) is 20.5. The Morgan fingerprint density at radius 3 is 2.70 bits per heavy atom. The van der Waals surface area contributed by atoms with E-state index in [1.807, 2.05) is 43.3 Å². The number of hydrogen-bond acceptors (Lipinski definition) is 5. The van der Waals surface area contributed by atoms with Crippen molar-refractivity contribution in [2.45, 2.75) is 47.1 Å². The van der Waals surface area contributed by atoms with E-state index in [9.17, 15) is 0 Å². The van der Waals surface area contributed by atoms with Crippen molar-refractivity contribution in [3.05, 3.63) is 65.6 Å². The molecule has 0 saturated carbocycles. The molecule has 0 unspecified atom stereocenters. The Hall–Kier alpha value is -3.19. The van der Waals surface area contributed by atoms with Gasteiger partial charge >= 0.3 is 0 Å². The molecule has 0 aromatic carbocycles. The SMILES string of the molecule is CNCc1cnc2ccc(-c3ccncc3OCCc3c(CC(C)(C)C)nn(C)c3C)cn12. The van der Waals surface area contributed by atoms with Crippen molar-refractivity contribution in [2.24, 2.45) is 12.5 Å². The van der Waals surface area contributed by atoms with Crippen LogP contribution in [-0.2, 0) is 26.4 Å². The molecule has 0 aliphatic carbocycles. The van der Waals surface area contributed by atoms with Gasteiger partial charge in [-0.1, -0.05) is 20.8 Å². The molecule has 0 bridgehead atoms. The molecule has 4 aromatic heterocycles. The maximum atomic E-state index is 6.28. The van der Waals surface area contributed by atoms with Crippen LogP contribution in [0.3, 0.4) is 0 Å². The van der Waals surface area contributed by atoms with Crippen molar-refractivity contribution >= 4 is 5.65 Å². The van der Waals surface area contributed by atoms with Crippen molar-refractivity contribution in [1.82, 2.24) is 29.5 Å². The fraction of sp³-hybridized carbons (Fsp3) is 0.423. The largest absolute Gasteiger partial charge is 0.491 e. The van der Waals surface area contributed by atoms with E-state index < -0.39 is 0 Å². The van der Waals surface area contributed by atoms with E-state index in [1.54, 1.807) is 6.20 Å². The molecule has 4 rings (SSSR count). The van der Waals surface area contributed by atoms with Crippen LogP contribution in [0.1, 0.15) is 43.4 Å². The Balaban J connectivity index is 1.55. The molecule has 0 aliphatic heterocycles. The van der Waals surface area contributed by atoms with E-state index in [2.05, 4.69) is 59.6 Å². The summed E-state index contributed by atoms with van der Waals surface area (Å²) >= 11 is 0. The number of pyridine rings is 2. The van der Waals surface area contributed by atoms with E-state index in [0.717, 1.165) is 47.6 Å². The van der Waals surface area contributed by atoms with Gasteiger partial charge in [-0.2, -0.15) is 5.10 Å². The van der Waals surface area contributed by atoms with E-state index in [4.69, 9.17) is 9.84 Å². The van der Waals surface area contributed by atoms with Crippen LogP contribution in [0.25, 0.3) is 16.8 Å². The molecular weight excluding hydrogens is 412 g/mol. The van der Waals surface area contributed by atoms with E-state index in [1.165, 1.54) is 17.0 Å². The lowest BCUT2D eigenvalue weighted by atomic mass is 9.88. The average molecular weight is 447 g/mol. The quantitative estimate of drug-likeness (QED) is 0.435. The van der Waals surface area contributed by atoms with Crippen LogP contribution >= 0.6 is 0 Å². The van der Waals surface area contributed by atoms with Gasteiger partial charge in [0.05, 0.1) is 30.4 Å². The Morgan fingerprint density at radius 2 is 1.94 bits per heavy atom. The molecule has 7 heteroatoms. The average Bonchev–Trinajstić information content (AvgIpc) is 3.28. The molecular formula is C26H34N6O. The maximum absolute atomic E-state index is 6.28. The second-order valence-corrected chi connectivity index (χ2v) is 9.77. The first-order valence-corrected chi connectivity index (χ1v) is 11.5. The number of fused-ring (bicyclic) bond motifs is 1. The van der Waals surface area contributed by atoms with Crippen molar-refractivity contribution in [3.63, 3.8) is 0 Å². The van der Waals surface area contributed by atoms with Crippen LogP contribution < -0.4 is 10.1 Å². The Morgan fingerprint density at radius 1 is 1.12 bits per heavy atom. The normalized spacial score (nSPS) is 11.9. The predicted molar refractivity (Wildman–Crippen MR) is 131 cm³/mol. The first kappa shape index (κ1) is 23.0. The smallest absolute Gasteiger partial charge is 0.145 e. The monoisotopic (exact) mass is 446 g/mol. The lowest BCUT2D eigenvalue weighted by molar-refractivity contribution is 0.320. The number of nitrogens with one attached hydrogen (secondary N) is 1. The van der Waals surface area contributed by atoms with Crippen LogP contribution in [0.4, 0.5) is 0 Å². The standard InChI is InChI=1S/C26H34N6O/c1-18-21(23(30-31(18)6)13-26(2,3)4)10-12-33-24-16-28-11-9-22(24)19-7-8-25-29-15-20(14-27-5)32(25)17-19/h7-9,11,15-17,27H,10,12-14H2,1-6H3. The fourth-order valence-corrected chi connectivity index (χ4v) is 4.19. The molecule has 33 heavy (non-hydrogen) atoms. The molecule has 0 radical (unpaired) electrons. The lowest BCUT2D eigenvalue weighted by Gasteiger charge is -2.17. The van der Waals surface area contributed by atoms with Gasteiger partial charge in [-0.05, 0) is 49.6 Å². The van der Waals surface area contributed by atoms with Gasteiger partial charge in [0.1, 0.15) is 11.4 Å². The number of hydrogen-bond donors (Lipinski definition) is 1. The molecule has 0 fully saturated rings. The van der Waals surface area contributed by atoms with Gasteiger partial charge in [-0.3, -0.25) is 9.67 Å². The van der Waals surface area contributed by atoms with Gasteiger partial charge in [0.2, 0.25) is 0 Å². The summed E-state index contributed by atoms with van der Waals surface area (Å²) in [5.41, 5.74) is 7.98. The molecule has 0 saturated heterocycles. The summed E-state index contributed by atoms with van der Waals surface area (Å²) in [5.74, 6) is 0.783. The Bertz CT molecular complexity index is 1250. The van der Waals surface area contributed by atoms with Gasteiger partial charge in [0, 0.05) is 49.2 Å². The van der Waals surface area contributed by atoms with Gasteiger partial charge in [-0.15, -0.1) is 0 Å². The van der Waals surface area contributed by atoms with Crippen LogP contribution in [0.2, 0.25) is 0 Å². The van der Waals surface area contributed by atoms with Crippen molar-refractivity contribution < 1.29 is 4.74 Å². The van der Waals surface area contributed by atoms with Crippen molar-refractivity contribution in [2.75, 3.05) is 13.7 Å². The minimum Gasteiger partial charge on any atom is -0.491 e. The highest BCUT2D eigenvalue weighted by molar-refractivity contribution is 5.70. The summed E-state index contributed by atoms with van der Waals surface area (Å²) in [4.78, 5) is 8.81. The minimum atomic E-state index is 0.186. The summed E-state index contributed by atoms with van der Waals surface area (Å²) in [5, 5.41) is 7.97. The highest BCUT2D eigenvalue weighted by Crippen LogP contribution is 2.30. The first-order chi connectivity index (χ1) is 15.8. The zero-order valence-electron chi connectivity index (χ0n) is 20.5. The number of aryl methyl sites for hydroxylation is 1. The predicted octanol–water partition coefficient (Wildman–Crippen LogP) is 4.37. The van der Waals surface area contributed by atoms with Gasteiger partial charge < -0.3 is 14.5 Å². The summed E-state index contributed by atoms with van der Waals surface area (Å²) in [6.07, 6.45) is 9.39. The first-order valence-electron chi connectivity index (χ1n) is 11.5. The minimum absolute atomic E-state index is 0.186. The van der Waals surface area contributed by atoms with Crippen LogP contribution in [0.5, 0.6) is 5.75 Å². The lowest BCUT2D eigenvalue weighted by Crippen LogP contribution is -2.12. The molecule has 4 heterocycles. The van der Waals surface area contributed by atoms with Crippen LogP contribution in [0.15, 0.2) is 43.0 Å². The zero-order chi connectivity index (χ0) is 23.6. The Labute approximate surface area is 195 Å². The number of imidazole rings is 1. The Kier molecular flexibility index (Phi) is 6.51. The number of nitrogens with zero attached hydrogens (tertiary/aromatic N) is 5. The van der Waals surface area contributed by atoms with E-state index >= 15 is 0 Å². The molecule has 7 nitrogen and oxygen atoms in total. The third-order valence-corrected chi connectivity index (χ3v) is 5.88. The number of aromatic nitrogens is 5. The second-order valence-electron chi connectivity index (χ2n) is 9.77. The fourth-order valence-electron chi connectivity index (χ4n) is 4.19. The molecule has 1 N–H and O–H groups in total. The summed E-state index contributed by atoms with van der Waals surface area (Å²) in [6, 6.07) is 6.13. The molecule has 0 spiro atoms. The van der Waals surface area contributed by atoms with Crippen molar-refractivity contribution in [1.29, 1.82) is 0 Å². The van der Waals surface area contributed by atoms with E-state index in [-0.39, 0.29) is 5.41 Å². The van der Waals surface area contributed by atoms with Gasteiger partial charge in [0.15, 0.2) is 0 Å². The number of rotatable bonds is 8. The van der Waals surface area contributed by atoms with Crippen molar-refractivity contribution in [3.8, 4) is 16.9 Å². The van der Waals surface area contributed by atoms with Gasteiger partial charge in [-0.25, -0.2) is 4.98 Å². The molecule has 4 aromatic rings. The highest BCUT2D eigenvalue weighted by Gasteiger charge is 2.20. The molecule has 174 valence electrons. The van der Waals surface area contributed by atoms with Crippen LogP contribution in [-0.4, -0.2) is 37.8 Å². The highest BCUT2D eigenvalue weighted by atomic mass is 16.5.